The highest BCUT2D eigenvalue weighted by atomic mass is 29.8. The fourth-order valence-corrected chi connectivity index (χ4v) is 67.8. The predicted molar refractivity (Wildman–Crippen MR) is 75.4 cm³/mol. The van der Waals surface area contributed by atoms with Crippen LogP contribution in [0.3, 0.4) is 0 Å². The molecular weight excluding hydrogens is 225 g/mol. The smallest absolute Gasteiger partial charge is 0.0290 e. The quantitative estimate of drug-likeness (QED) is 0.595. The largest absolute Gasteiger partial charge is 0.0768 e. The third-order valence-electron chi connectivity index (χ3n) is 4.62. The molecule has 2 atom stereocenters. The monoisotopic (exact) mass is 248 g/mol. The molecule has 2 unspecified atom stereocenters. The Labute approximate surface area is 86.4 Å². The van der Waals surface area contributed by atoms with E-state index in [-0.39, 0.29) is 0 Å². The van der Waals surface area contributed by atoms with E-state index in [9.17, 15) is 0 Å². The summed E-state index contributed by atoms with van der Waals surface area (Å²) < 4.78 is 0. The predicted octanol–water partition coefficient (Wildman–Crippen LogP) is -0.183. The maximum Gasteiger partial charge on any atom is 0.0290 e. The minimum absolute atomic E-state index is 0.405. The number of rotatable bonds is 2. The molecule has 1 rings (SSSR count). The van der Waals surface area contributed by atoms with Crippen LogP contribution in [-0.2, 0) is 0 Å². The van der Waals surface area contributed by atoms with Crippen LogP contribution in [0.15, 0.2) is 0 Å². The summed E-state index contributed by atoms with van der Waals surface area (Å²) in [7, 11) is 1.32. The summed E-state index contributed by atoms with van der Waals surface area (Å²) in [5.74, 6) is 0. The fourth-order valence-electron chi connectivity index (χ4n) is 3.25. The second-order valence-electron chi connectivity index (χ2n) is 5.34. The Kier molecular flexibility index (Phi) is 3.42. The highest BCUT2D eigenvalue weighted by molar-refractivity contribution is 7.74. The lowest BCUT2D eigenvalue weighted by molar-refractivity contribution is 1.07. The molecule has 5 heteroatoms. The van der Waals surface area contributed by atoms with Gasteiger partial charge in [-0.15, -0.1) is 0 Å². The van der Waals surface area contributed by atoms with E-state index in [4.69, 9.17) is 0 Å². The van der Waals surface area contributed by atoms with Gasteiger partial charge >= 0.3 is 0 Å². The van der Waals surface area contributed by atoms with Gasteiger partial charge in [0.1, 0.15) is 0 Å². The maximum atomic E-state index is 2.81. The topological polar surface area (TPSA) is 0 Å². The van der Waals surface area contributed by atoms with Crippen molar-refractivity contribution in [1.82, 2.24) is 0 Å². The van der Waals surface area contributed by atoms with E-state index in [0.29, 0.717) is 18.1 Å². The summed E-state index contributed by atoms with van der Waals surface area (Å²) in [6.07, 6.45) is 0. The Hall–Kier alpha value is 1.08. The van der Waals surface area contributed by atoms with E-state index >= 15 is 0 Å². The average molecular weight is 249 g/mol. The first-order valence-corrected chi connectivity index (χ1v) is 20.5. The van der Waals surface area contributed by atoms with E-state index in [1.54, 1.807) is 12.1 Å². The van der Waals surface area contributed by atoms with E-state index in [1.165, 1.54) is 15.8 Å². The third-order valence-corrected chi connectivity index (χ3v) is 63.6. The van der Waals surface area contributed by atoms with Crippen molar-refractivity contribution in [3.63, 3.8) is 0 Å². The molecule has 1 aliphatic rings. The highest BCUT2D eigenvalue weighted by Gasteiger charge is 2.51. The Morgan fingerprint density at radius 3 is 1.67 bits per heavy atom. The molecule has 0 aliphatic carbocycles. The van der Waals surface area contributed by atoms with Crippen molar-refractivity contribution in [2.75, 3.05) is 0 Å². The van der Waals surface area contributed by atoms with Crippen LogP contribution in [0, 0.1) is 0 Å². The van der Waals surface area contributed by atoms with Crippen LogP contribution >= 0.6 is 0 Å². The van der Waals surface area contributed by atoms with Gasteiger partial charge in [0.2, 0.25) is 0 Å². The van der Waals surface area contributed by atoms with Gasteiger partial charge < -0.3 is 0 Å². The summed E-state index contributed by atoms with van der Waals surface area (Å²) in [6.45, 7) is 10.9. The molecule has 0 aromatic heterocycles. The number of hydrogen-bond acceptors (Lipinski definition) is 0. The molecule has 0 aromatic rings. The molecule has 1 heterocycles. The van der Waals surface area contributed by atoms with Gasteiger partial charge in [0.15, 0.2) is 0 Å². The average Bonchev–Trinajstić information content (AvgIpc) is 2.25. The molecule has 0 bridgehead atoms. The van der Waals surface area contributed by atoms with Crippen LogP contribution in [0.25, 0.3) is 0 Å². The molecule has 0 radical (unpaired) electrons. The minimum atomic E-state index is -0.503. The van der Waals surface area contributed by atoms with Crippen molar-refractivity contribution in [1.29, 1.82) is 0 Å². The fraction of sp³-hybridized carbons (Fsp3) is 1.00. The zero-order valence-electron chi connectivity index (χ0n) is 9.41. The number of hydrogen-bond donors (Lipinski definition) is 0. The molecule has 1 aliphatic heterocycles. The van der Waals surface area contributed by atoms with Gasteiger partial charge in [0.05, 0.1) is 0 Å². The van der Waals surface area contributed by atoms with Crippen LogP contribution in [-0.4, -0.2) is 42.5 Å². The van der Waals surface area contributed by atoms with Gasteiger partial charge in [0.25, 0.3) is 0 Å². The van der Waals surface area contributed by atoms with Gasteiger partial charge in [-0.25, -0.2) is 0 Å². The highest BCUT2D eigenvalue weighted by Crippen LogP contribution is 2.41. The second-order valence-corrected chi connectivity index (χ2v) is 40.5. The molecule has 0 amide bonds. The molecular formula is C7H24Si5. The van der Waals surface area contributed by atoms with E-state index in [2.05, 4.69) is 26.2 Å². The second kappa shape index (κ2) is 3.68. The summed E-state index contributed by atoms with van der Waals surface area (Å²) in [5, 5.41) is 0. The Balaban J connectivity index is 2.85. The standard InChI is InChI=1S/C7H24Si5/c1-9-11(3)5-7(8)6-12(11,4)10-2/h7H,5-6,9-10H2,1-4,8H3. The van der Waals surface area contributed by atoms with E-state index in [1.807, 2.05) is 0 Å². The summed E-state index contributed by atoms with van der Waals surface area (Å²) >= 11 is 0. The van der Waals surface area contributed by atoms with Gasteiger partial charge in [-0.3, -0.25) is 0 Å². The molecule has 0 saturated carbocycles. The Morgan fingerprint density at radius 1 is 1.08 bits per heavy atom. The van der Waals surface area contributed by atoms with Crippen LogP contribution in [0.2, 0.25) is 43.8 Å². The van der Waals surface area contributed by atoms with Crippen molar-refractivity contribution in [3.05, 3.63) is 0 Å². The lowest BCUT2D eigenvalue weighted by Crippen LogP contribution is -2.62. The van der Waals surface area contributed by atoms with Crippen molar-refractivity contribution in [2.24, 2.45) is 0 Å². The maximum absolute atomic E-state index is 2.81. The first-order chi connectivity index (χ1) is 5.47. The van der Waals surface area contributed by atoms with Gasteiger partial charge in [-0.2, -0.15) is 0 Å². The van der Waals surface area contributed by atoms with Crippen LogP contribution in [0.1, 0.15) is 0 Å². The van der Waals surface area contributed by atoms with Crippen molar-refractivity contribution < 1.29 is 0 Å². The molecule has 1 fully saturated rings. The molecule has 0 spiro atoms. The third kappa shape index (κ3) is 1.66. The summed E-state index contributed by atoms with van der Waals surface area (Å²) in [4.78, 5) is 0. The molecule has 0 nitrogen and oxygen atoms in total. The lowest BCUT2D eigenvalue weighted by atomic mass is 10.5. The SMILES string of the molecule is C[SiH2][Si]1(C)CC([SiH3])C[Si]1(C)[SiH2]C. The molecule has 0 N–H and O–H groups in total. The van der Waals surface area contributed by atoms with Crippen LogP contribution < -0.4 is 0 Å². The summed E-state index contributed by atoms with van der Waals surface area (Å²) in [5.41, 5.74) is 1.28. The van der Waals surface area contributed by atoms with Crippen molar-refractivity contribution in [2.45, 2.75) is 43.8 Å². The normalized spacial score (nSPS) is 50.5. The molecule has 72 valence electrons. The molecule has 1 saturated heterocycles. The zero-order chi connectivity index (χ0) is 9.41. The molecule has 0 aromatic carbocycles. The van der Waals surface area contributed by atoms with Gasteiger partial charge in [-0.1, -0.05) is 43.8 Å². The van der Waals surface area contributed by atoms with E-state index in [0.717, 1.165) is 0 Å². The van der Waals surface area contributed by atoms with Crippen LogP contribution in [0.4, 0.5) is 0 Å². The van der Waals surface area contributed by atoms with Gasteiger partial charge in [-0.05, 0) is 0 Å². The minimum Gasteiger partial charge on any atom is -0.0768 e. The van der Waals surface area contributed by atoms with E-state index < -0.39 is 14.2 Å². The van der Waals surface area contributed by atoms with Crippen LogP contribution in [0.5, 0.6) is 0 Å². The Bertz CT molecular complexity index is 155. The van der Waals surface area contributed by atoms with Crippen molar-refractivity contribution >= 4 is 42.5 Å². The van der Waals surface area contributed by atoms with Crippen molar-refractivity contribution in [3.8, 4) is 0 Å². The lowest BCUT2D eigenvalue weighted by Gasteiger charge is -2.36. The Morgan fingerprint density at radius 2 is 1.42 bits per heavy atom. The molecule has 12 heavy (non-hydrogen) atoms. The summed E-state index contributed by atoms with van der Waals surface area (Å²) in [6, 6.07) is 3.59. The van der Waals surface area contributed by atoms with Gasteiger partial charge in [0, 0.05) is 42.5 Å². The first-order valence-electron chi connectivity index (χ1n) is 5.47. The zero-order valence-corrected chi connectivity index (χ0v) is 16.2. The first kappa shape index (κ1) is 11.2.